The lowest BCUT2D eigenvalue weighted by molar-refractivity contribution is -0.140. The van der Waals surface area contributed by atoms with Crippen LogP contribution in [0.1, 0.15) is 18.0 Å². The summed E-state index contributed by atoms with van der Waals surface area (Å²) in [5.74, 6) is 0. The molecule has 0 radical (unpaired) electrons. The van der Waals surface area contributed by atoms with E-state index in [0.29, 0.717) is 11.3 Å². The Labute approximate surface area is 85.5 Å². The van der Waals surface area contributed by atoms with E-state index in [-0.39, 0.29) is 0 Å². The molecule has 84 valence electrons. The predicted octanol–water partition coefficient (Wildman–Crippen LogP) is 1.88. The zero-order valence-electron chi connectivity index (χ0n) is 8.17. The molecule has 1 unspecified atom stereocenters. The summed E-state index contributed by atoms with van der Waals surface area (Å²) in [4.78, 5) is 3.76. The maximum absolute atomic E-state index is 12.2. The van der Waals surface area contributed by atoms with Gasteiger partial charge in [-0.25, -0.2) is 0 Å². The Morgan fingerprint density at radius 2 is 2.20 bits per heavy atom. The van der Waals surface area contributed by atoms with Gasteiger partial charge >= 0.3 is 6.18 Å². The molecule has 1 heterocycles. The molecular weight excluding hydrogens is 207 g/mol. The first kappa shape index (κ1) is 11.8. The van der Waals surface area contributed by atoms with Crippen LogP contribution >= 0.6 is 0 Å². The zero-order valence-corrected chi connectivity index (χ0v) is 8.17. The third-order valence-corrected chi connectivity index (χ3v) is 2.05. The van der Waals surface area contributed by atoms with Crippen LogP contribution in [0.15, 0.2) is 18.5 Å². The first-order valence-electron chi connectivity index (χ1n) is 4.37. The molecular formula is C9H12F3N3. The van der Waals surface area contributed by atoms with Gasteiger partial charge in [0.05, 0.1) is 6.42 Å². The van der Waals surface area contributed by atoms with E-state index in [1.807, 2.05) is 0 Å². The van der Waals surface area contributed by atoms with Gasteiger partial charge in [-0.1, -0.05) is 0 Å². The number of anilines is 1. The van der Waals surface area contributed by atoms with Crippen LogP contribution in [-0.2, 0) is 0 Å². The molecule has 1 atom stereocenters. The summed E-state index contributed by atoms with van der Waals surface area (Å²) in [6, 6.07) is 0.634. The summed E-state index contributed by atoms with van der Waals surface area (Å²) in [7, 11) is 1.46. The molecule has 1 aromatic heterocycles. The number of alkyl halides is 3. The highest BCUT2D eigenvalue weighted by Crippen LogP contribution is 2.31. The standard InChI is InChI=1S/C9H12F3N3/c1-14-8(4-9(10,11)12)6-5-15-3-2-7(6)13/h2-3,5,8,14H,4H2,1H3,(H2,13,15). The van der Waals surface area contributed by atoms with Gasteiger partial charge in [0.1, 0.15) is 0 Å². The highest BCUT2D eigenvalue weighted by atomic mass is 19.4. The number of aromatic nitrogens is 1. The molecule has 0 bridgehead atoms. The average Bonchev–Trinajstić information content (AvgIpc) is 2.14. The summed E-state index contributed by atoms with van der Waals surface area (Å²) in [5, 5.41) is 2.58. The molecule has 0 saturated heterocycles. The summed E-state index contributed by atoms with van der Waals surface area (Å²) in [6.07, 6.45) is -2.39. The van der Waals surface area contributed by atoms with E-state index in [9.17, 15) is 13.2 Å². The molecule has 0 aliphatic rings. The molecule has 0 aliphatic heterocycles. The maximum Gasteiger partial charge on any atom is 0.390 e. The summed E-state index contributed by atoms with van der Waals surface area (Å²) < 4.78 is 36.6. The number of hydrogen-bond acceptors (Lipinski definition) is 3. The Bertz CT molecular complexity index is 325. The fourth-order valence-electron chi connectivity index (χ4n) is 1.31. The fourth-order valence-corrected chi connectivity index (χ4v) is 1.31. The van der Waals surface area contributed by atoms with Crippen molar-refractivity contribution in [2.24, 2.45) is 0 Å². The van der Waals surface area contributed by atoms with Crippen LogP contribution in [-0.4, -0.2) is 18.2 Å². The highest BCUT2D eigenvalue weighted by molar-refractivity contribution is 5.46. The second kappa shape index (κ2) is 4.48. The molecule has 0 spiro atoms. The van der Waals surface area contributed by atoms with Gasteiger partial charge < -0.3 is 11.1 Å². The number of nitrogen functional groups attached to an aromatic ring is 1. The first-order chi connectivity index (χ1) is 6.94. The summed E-state index contributed by atoms with van der Waals surface area (Å²) in [6.45, 7) is 0. The molecule has 0 fully saturated rings. The second-order valence-corrected chi connectivity index (χ2v) is 3.17. The third kappa shape index (κ3) is 3.39. The predicted molar refractivity (Wildman–Crippen MR) is 51.1 cm³/mol. The number of halogens is 3. The summed E-state index contributed by atoms with van der Waals surface area (Å²) in [5.41, 5.74) is 6.25. The second-order valence-electron chi connectivity index (χ2n) is 3.17. The monoisotopic (exact) mass is 219 g/mol. The molecule has 0 saturated carbocycles. The van der Waals surface area contributed by atoms with Crippen molar-refractivity contribution in [3.8, 4) is 0 Å². The van der Waals surface area contributed by atoms with Crippen molar-refractivity contribution in [2.75, 3.05) is 12.8 Å². The number of pyridine rings is 1. The lowest BCUT2D eigenvalue weighted by Gasteiger charge is -2.19. The SMILES string of the molecule is CNC(CC(F)(F)F)c1cnccc1N. The maximum atomic E-state index is 12.2. The van der Waals surface area contributed by atoms with E-state index in [2.05, 4.69) is 10.3 Å². The van der Waals surface area contributed by atoms with Crippen molar-refractivity contribution in [2.45, 2.75) is 18.6 Å². The Balaban J connectivity index is 2.88. The van der Waals surface area contributed by atoms with Crippen molar-refractivity contribution in [3.05, 3.63) is 24.0 Å². The first-order valence-corrected chi connectivity index (χ1v) is 4.37. The van der Waals surface area contributed by atoms with E-state index in [1.165, 1.54) is 25.5 Å². The van der Waals surface area contributed by atoms with Crippen LogP contribution in [0.25, 0.3) is 0 Å². The quantitative estimate of drug-likeness (QED) is 0.816. The largest absolute Gasteiger partial charge is 0.398 e. The van der Waals surface area contributed by atoms with Crippen LogP contribution in [0.5, 0.6) is 0 Å². The van der Waals surface area contributed by atoms with E-state index in [4.69, 9.17) is 5.73 Å². The number of hydrogen-bond donors (Lipinski definition) is 2. The Kier molecular flexibility index (Phi) is 3.52. The molecule has 0 aliphatic carbocycles. The fraction of sp³-hybridized carbons (Fsp3) is 0.444. The van der Waals surface area contributed by atoms with Gasteiger partial charge in [-0.15, -0.1) is 0 Å². The number of nitrogens with two attached hydrogens (primary N) is 1. The number of rotatable bonds is 3. The van der Waals surface area contributed by atoms with Crippen molar-refractivity contribution in [3.63, 3.8) is 0 Å². The molecule has 3 nitrogen and oxygen atoms in total. The van der Waals surface area contributed by atoms with Gasteiger partial charge in [0.25, 0.3) is 0 Å². The van der Waals surface area contributed by atoms with Gasteiger partial charge in [-0.05, 0) is 13.1 Å². The number of nitrogens with zero attached hydrogens (tertiary/aromatic N) is 1. The van der Waals surface area contributed by atoms with Gasteiger partial charge in [-0.3, -0.25) is 4.98 Å². The normalized spacial score (nSPS) is 13.9. The van der Waals surface area contributed by atoms with Gasteiger partial charge in [0.2, 0.25) is 0 Å². The zero-order chi connectivity index (χ0) is 11.5. The molecule has 1 aromatic rings. The minimum Gasteiger partial charge on any atom is -0.398 e. The Morgan fingerprint density at radius 1 is 1.53 bits per heavy atom. The minimum absolute atomic E-state index is 0.314. The lowest BCUT2D eigenvalue weighted by atomic mass is 10.0. The van der Waals surface area contributed by atoms with Gasteiger partial charge in [-0.2, -0.15) is 13.2 Å². The van der Waals surface area contributed by atoms with Crippen molar-refractivity contribution < 1.29 is 13.2 Å². The molecule has 15 heavy (non-hydrogen) atoms. The van der Waals surface area contributed by atoms with Gasteiger partial charge in [0.15, 0.2) is 0 Å². The third-order valence-electron chi connectivity index (χ3n) is 2.05. The van der Waals surface area contributed by atoms with Crippen LogP contribution in [0, 0.1) is 0 Å². The van der Waals surface area contributed by atoms with Crippen molar-refractivity contribution in [1.82, 2.24) is 10.3 Å². The lowest BCUT2D eigenvalue weighted by Crippen LogP contribution is -2.24. The average molecular weight is 219 g/mol. The molecule has 6 heteroatoms. The number of nitrogens with one attached hydrogen (secondary N) is 1. The van der Waals surface area contributed by atoms with Crippen LogP contribution in [0.3, 0.4) is 0 Å². The van der Waals surface area contributed by atoms with E-state index < -0.39 is 18.6 Å². The highest BCUT2D eigenvalue weighted by Gasteiger charge is 2.32. The Morgan fingerprint density at radius 3 is 2.67 bits per heavy atom. The Hall–Kier alpha value is -1.30. The van der Waals surface area contributed by atoms with Crippen molar-refractivity contribution in [1.29, 1.82) is 0 Å². The van der Waals surface area contributed by atoms with Crippen molar-refractivity contribution >= 4 is 5.69 Å². The van der Waals surface area contributed by atoms with Crippen LogP contribution < -0.4 is 11.1 Å². The molecule has 3 N–H and O–H groups in total. The van der Waals surface area contributed by atoms with E-state index >= 15 is 0 Å². The smallest absolute Gasteiger partial charge is 0.390 e. The van der Waals surface area contributed by atoms with Crippen LogP contribution in [0.4, 0.5) is 18.9 Å². The molecule has 0 aromatic carbocycles. The minimum atomic E-state index is -4.23. The summed E-state index contributed by atoms with van der Waals surface area (Å²) >= 11 is 0. The molecule has 0 amide bonds. The van der Waals surface area contributed by atoms with Crippen LogP contribution in [0.2, 0.25) is 0 Å². The van der Waals surface area contributed by atoms with E-state index in [0.717, 1.165) is 0 Å². The van der Waals surface area contributed by atoms with Gasteiger partial charge in [0, 0.05) is 29.7 Å². The topological polar surface area (TPSA) is 50.9 Å². The van der Waals surface area contributed by atoms with E-state index in [1.54, 1.807) is 0 Å². The molecule has 1 rings (SSSR count).